The van der Waals surface area contributed by atoms with Gasteiger partial charge in [0.2, 0.25) is 17.7 Å². The number of aliphatic carboxylic acids is 1. The van der Waals surface area contributed by atoms with E-state index in [4.69, 9.17) is 16.6 Å². The smallest absolute Gasteiger partial charge is 0.326 e. The number of nitrogens with two attached hydrogens (primary N) is 2. The lowest BCUT2D eigenvalue weighted by molar-refractivity contribution is -0.145. The monoisotopic (exact) mass is 360 g/mol. The summed E-state index contributed by atoms with van der Waals surface area (Å²) in [5, 5.41) is 11.3. The normalized spacial score (nSPS) is 19.6. The van der Waals surface area contributed by atoms with Crippen LogP contribution in [0, 0.1) is 0 Å². The summed E-state index contributed by atoms with van der Waals surface area (Å²) in [6.07, 6.45) is 2.97. The van der Waals surface area contributed by atoms with Crippen molar-refractivity contribution >= 4 is 35.5 Å². The third-order valence-corrected chi connectivity index (χ3v) is 4.45. The summed E-state index contributed by atoms with van der Waals surface area (Å²) >= 11 is 1.58. The molecule has 1 aliphatic rings. The van der Waals surface area contributed by atoms with Crippen LogP contribution in [0.2, 0.25) is 0 Å². The van der Waals surface area contributed by atoms with Gasteiger partial charge in [-0.15, -0.1) is 0 Å². The number of primary amides is 1. The van der Waals surface area contributed by atoms with Crippen molar-refractivity contribution in [2.24, 2.45) is 11.5 Å². The number of thioether (sulfide) groups is 1. The molecule has 3 amide bonds. The molecule has 0 saturated carbocycles. The molecule has 9 nitrogen and oxygen atoms in total. The van der Waals surface area contributed by atoms with Crippen LogP contribution in [0.15, 0.2) is 0 Å². The van der Waals surface area contributed by atoms with Crippen molar-refractivity contribution < 1.29 is 24.3 Å². The van der Waals surface area contributed by atoms with Crippen molar-refractivity contribution in [3.8, 4) is 0 Å². The number of hydrogen-bond acceptors (Lipinski definition) is 6. The Labute approximate surface area is 144 Å². The number of hydrogen-bond donors (Lipinski definition) is 4. The Hall–Kier alpha value is -1.81. The van der Waals surface area contributed by atoms with Gasteiger partial charge in [-0.25, -0.2) is 4.79 Å². The lowest BCUT2D eigenvalue weighted by Gasteiger charge is -2.27. The maximum atomic E-state index is 12.4. The molecular weight excluding hydrogens is 336 g/mol. The van der Waals surface area contributed by atoms with Crippen molar-refractivity contribution in [2.75, 3.05) is 18.6 Å². The average Bonchev–Trinajstić information content (AvgIpc) is 3.00. The number of carboxylic acids is 1. The highest BCUT2D eigenvalue weighted by Crippen LogP contribution is 2.19. The minimum Gasteiger partial charge on any atom is -0.480 e. The molecule has 0 aromatic rings. The van der Waals surface area contributed by atoms with E-state index in [1.807, 2.05) is 6.26 Å². The van der Waals surface area contributed by atoms with Crippen molar-refractivity contribution in [3.05, 3.63) is 0 Å². The van der Waals surface area contributed by atoms with E-state index in [1.165, 1.54) is 4.90 Å². The summed E-state index contributed by atoms with van der Waals surface area (Å²) in [5.41, 5.74) is 10.9. The Morgan fingerprint density at radius 2 is 2.04 bits per heavy atom. The predicted octanol–water partition coefficient (Wildman–Crippen LogP) is -1.50. The topological polar surface area (TPSA) is 156 Å². The number of nitrogens with zero attached hydrogens (tertiary/aromatic N) is 1. The molecule has 0 bridgehead atoms. The van der Waals surface area contributed by atoms with E-state index in [9.17, 15) is 19.2 Å². The molecule has 0 aliphatic carbocycles. The minimum atomic E-state index is -1.40. The van der Waals surface area contributed by atoms with Gasteiger partial charge >= 0.3 is 5.97 Å². The Kier molecular flexibility index (Phi) is 7.99. The number of carbonyl (C=O) groups excluding carboxylic acids is 3. The molecule has 10 heteroatoms. The lowest BCUT2D eigenvalue weighted by atomic mass is 10.1. The van der Waals surface area contributed by atoms with Crippen LogP contribution in [0.3, 0.4) is 0 Å². The van der Waals surface area contributed by atoms with Crippen LogP contribution in [0.5, 0.6) is 0 Å². The standard InChI is InChI=1S/C14H24N4O5S/c1-24-6-4-8(15)13(21)18-5-2-3-10(18)12(20)17-9(14(22)23)7-11(16)19/h8-10H,2-7,15H2,1H3,(H2,16,19)(H,17,20)(H,22,23)/t8-,9-,10-/m0/s1. The fourth-order valence-corrected chi connectivity index (χ4v) is 3.04. The summed E-state index contributed by atoms with van der Waals surface area (Å²) < 4.78 is 0. The second-order valence-corrected chi connectivity index (χ2v) is 6.63. The van der Waals surface area contributed by atoms with Crippen LogP contribution in [0.4, 0.5) is 0 Å². The van der Waals surface area contributed by atoms with E-state index < -0.39 is 42.3 Å². The summed E-state index contributed by atoms with van der Waals surface area (Å²) in [7, 11) is 0. The van der Waals surface area contributed by atoms with Gasteiger partial charge in [-0.3, -0.25) is 14.4 Å². The molecule has 1 aliphatic heterocycles. The molecule has 1 rings (SSSR count). The maximum Gasteiger partial charge on any atom is 0.326 e. The molecule has 0 unspecified atom stereocenters. The summed E-state index contributed by atoms with van der Waals surface area (Å²) in [6.45, 7) is 0.400. The summed E-state index contributed by atoms with van der Waals surface area (Å²) in [6, 6.07) is -2.86. The lowest BCUT2D eigenvalue weighted by Crippen LogP contribution is -2.54. The molecule has 24 heavy (non-hydrogen) atoms. The van der Waals surface area contributed by atoms with Gasteiger partial charge in [0.15, 0.2) is 0 Å². The number of nitrogens with one attached hydrogen (secondary N) is 1. The highest BCUT2D eigenvalue weighted by molar-refractivity contribution is 7.98. The van der Waals surface area contributed by atoms with Gasteiger partial charge in [-0.2, -0.15) is 11.8 Å². The van der Waals surface area contributed by atoms with E-state index in [0.29, 0.717) is 25.8 Å². The van der Waals surface area contributed by atoms with Crippen LogP contribution in [0.1, 0.15) is 25.7 Å². The van der Waals surface area contributed by atoms with Gasteiger partial charge < -0.3 is 26.8 Å². The van der Waals surface area contributed by atoms with Crippen molar-refractivity contribution in [1.29, 1.82) is 0 Å². The van der Waals surface area contributed by atoms with Crippen LogP contribution in [-0.4, -0.2) is 70.4 Å². The van der Waals surface area contributed by atoms with Gasteiger partial charge in [0.1, 0.15) is 12.1 Å². The molecule has 1 fully saturated rings. The quantitative estimate of drug-likeness (QED) is 0.390. The fraction of sp³-hybridized carbons (Fsp3) is 0.714. The third kappa shape index (κ3) is 5.68. The molecule has 1 saturated heterocycles. The molecule has 0 aromatic heterocycles. The molecule has 0 aromatic carbocycles. The van der Waals surface area contributed by atoms with Crippen molar-refractivity contribution in [1.82, 2.24) is 10.2 Å². The van der Waals surface area contributed by atoms with Gasteiger partial charge in [-0.05, 0) is 31.3 Å². The van der Waals surface area contributed by atoms with E-state index in [1.54, 1.807) is 11.8 Å². The zero-order valence-electron chi connectivity index (χ0n) is 13.6. The fourth-order valence-electron chi connectivity index (χ4n) is 2.55. The number of amides is 3. The first-order chi connectivity index (χ1) is 11.3. The van der Waals surface area contributed by atoms with Gasteiger partial charge in [0, 0.05) is 6.54 Å². The SMILES string of the molecule is CSCC[C@H](N)C(=O)N1CCC[C@H]1C(=O)N[C@@H](CC(N)=O)C(=O)O. The van der Waals surface area contributed by atoms with Crippen molar-refractivity contribution in [3.63, 3.8) is 0 Å². The second-order valence-electron chi connectivity index (χ2n) is 5.65. The highest BCUT2D eigenvalue weighted by Gasteiger charge is 2.37. The van der Waals surface area contributed by atoms with Gasteiger partial charge in [0.25, 0.3) is 0 Å². The van der Waals surface area contributed by atoms with E-state index >= 15 is 0 Å². The van der Waals surface area contributed by atoms with E-state index in [2.05, 4.69) is 5.32 Å². The number of carbonyl (C=O) groups is 4. The maximum absolute atomic E-state index is 12.4. The van der Waals surface area contributed by atoms with E-state index in [-0.39, 0.29) is 5.91 Å². The predicted molar refractivity (Wildman–Crippen MR) is 89.1 cm³/mol. The second kappa shape index (κ2) is 9.48. The molecule has 1 heterocycles. The Morgan fingerprint density at radius 3 is 2.58 bits per heavy atom. The average molecular weight is 360 g/mol. The largest absolute Gasteiger partial charge is 0.480 e. The summed E-state index contributed by atoms with van der Waals surface area (Å²) in [5.74, 6) is -2.37. The molecule has 0 radical (unpaired) electrons. The Balaban J connectivity index is 2.72. The van der Waals surface area contributed by atoms with E-state index in [0.717, 1.165) is 5.75 Å². The van der Waals surface area contributed by atoms with Gasteiger partial charge in [0.05, 0.1) is 12.5 Å². The molecule has 6 N–H and O–H groups in total. The first-order valence-corrected chi connectivity index (χ1v) is 9.03. The first-order valence-electron chi connectivity index (χ1n) is 7.64. The molecule has 0 spiro atoms. The number of carboxylic acid groups (broad SMARTS) is 1. The highest BCUT2D eigenvalue weighted by atomic mass is 32.2. The first kappa shape index (κ1) is 20.2. The summed E-state index contributed by atoms with van der Waals surface area (Å²) in [4.78, 5) is 48.1. The van der Waals surface area contributed by atoms with Crippen LogP contribution in [-0.2, 0) is 19.2 Å². The Morgan fingerprint density at radius 1 is 1.38 bits per heavy atom. The van der Waals surface area contributed by atoms with Crippen molar-refractivity contribution in [2.45, 2.75) is 43.8 Å². The minimum absolute atomic E-state index is 0.316. The van der Waals surface area contributed by atoms with Crippen LogP contribution in [0.25, 0.3) is 0 Å². The zero-order chi connectivity index (χ0) is 18.3. The number of rotatable bonds is 9. The number of likely N-dealkylation sites (tertiary alicyclic amines) is 1. The molecular formula is C14H24N4O5S. The molecule has 3 atom stereocenters. The molecule has 136 valence electrons. The van der Waals surface area contributed by atoms with Crippen LogP contribution < -0.4 is 16.8 Å². The Bertz CT molecular complexity index is 502. The zero-order valence-corrected chi connectivity index (χ0v) is 14.4. The third-order valence-electron chi connectivity index (χ3n) is 3.81. The van der Waals surface area contributed by atoms with Gasteiger partial charge in [-0.1, -0.05) is 0 Å². The van der Waals surface area contributed by atoms with Crippen LogP contribution >= 0.6 is 11.8 Å².